The predicted molar refractivity (Wildman–Crippen MR) is 76.3 cm³/mol. The number of aryl methyl sites for hydroxylation is 1. The summed E-state index contributed by atoms with van der Waals surface area (Å²) in [6, 6.07) is 0. The van der Waals surface area contributed by atoms with Crippen molar-refractivity contribution in [3.8, 4) is 0 Å². The van der Waals surface area contributed by atoms with Crippen LogP contribution in [0.15, 0.2) is 12.4 Å². The summed E-state index contributed by atoms with van der Waals surface area (Å²) in [5.41, 5.74) is 2.53. The zero-order valence-corrected chi connectivity index (χ0v) is 11.9. The van der Waals surface area contributed by atoms with Gasteiger partial charge in [0.15, 0.2) is 0 Å². The largest absolute Gasteiger partial charge is 0.388 e. The minimum absolute atomic E-state index is 0.228. The molecular weight excluding hydrogens is 238 g/mol. The van der Waals surface area contributed by atoms with Crippen LogP contribution in [0.1, 0.15) is 30.1 Å². The van der Waals surface area contributed by atoms with Gasteiger partial charge in [-0.25, -0.2) is 0 Å². The van der Waals surface area contributed by atoms with E-state index in [2.05, 4.69) is 33.8 Å². The number of hydrogen-bond donors (Lipinski definition) is 1. The Morgan fingerprint density at radius 1 is 1.16 bits per heavy atom. The molecule has 1 aliphatic heterocycles. The van der Waals surface area contributed by atoms with E-state index in [9.17, 15) is 5.11 Å². The van der Waals surface area contributed by atoms with Gasteiger partial charge in [-0.15, -0.1) is 0 Å². The number of aromatic nitrogens is 1. The Labute approximate surface area is 115 Å². The number of aliphatic hydroxyl groups is 1. The highest BCUT2D eigenvalue weighted by Gasteiger charge is 2.20. The summed E-state index contributed by atoms with van der Waals surface area (Å²) in [4.78, 5) is 4.93. The Hall–Kier alpha value is -0.840. The van der Waals surface area contributed by atoms with E-state index < -0.39 is 0 Å². The number of nitrogens with zero attached hydrogens (tertiary/aromatic N) is 3. The van der Waals surface area contributed by atoms with Crippen molar-refractivity contribution < 1.29 is 5.11 Å². The van der Waals surface area contributed by atoms with Gasteiger partial charge < -0.3 is 14.6 Å². The number of fused-ring (bicyclic) bond motifs is 1. The molecule has 1 unspecified atom stereocenters. The van der Waals surface area contributed by atoms with E-state index in [1.54, 1.807) is 0 Å². The third-order valence-electron chi connectivity index (χ3n) is 4.55. The van der Waals surface area contributed by atoms with E-state index in [-0.39, 0.29) is 6.10 Å². The van der Waals surface area contributed by atoms with Gasteiger partial charge >= 0.3 is 0 Å². The molecule has 0 saturated carbocycles. The molecule has 1 aromatic heterocycles. The molecule has 1 aromatic rings. The highest BCUT2D eigenvalue weighted by atomic mass is 16.3. The van der Waals surface area contributed by atoms with Gasteiger partial charge in [0, 0.05) is 57.2 Å². The van der Waals surface area contributed by atoms with Crippen molar-refractivity contribution in [2.24, 2.45) is 0 Å². The third-order valence-corrected chi connectivity index (χ3v) is 4.55. The monoisotopic (exact) mass is 263 g/mol. The SMILES string of the molecule is CN1CCN(CCn2cc3c(c2)C(O)CCC3)CC1. The summed E-state index contributed by atoms with van der Waals surface area (Å²) in [5.74, 6) is 0. The fourth-order valence-corrected chi connectivity index (χ4v) is 3.18. The van der Waals surface area contributed by atoms with Crippen molar-refractivity contribution in [3.05, 3.63) is 23.5 Å². The highest BCUT2D eigenvalue weighted by molar-refractivity contribution is 5.28. The van der Waals surface area contributed by atoms with Crippen molar-refractivity contribution in [2.45, 2.75) is 31.9 Å². The Morgan fingerprint density at radius 3 is 2.68 bits per heavy atom. The predicted octanol–water partition coefficient (Wildman–Crippen LogP) is 1.11. The van der Waals surface area contributed by atoms with E-state index >= 15 is 0 Å². The molecule has 1 aliphatic carbocycles. The molecule has 19 heavy (non-hydrogen) atoms. The molecule has 0 amide bonds. The molecule has 1 N–H and O–H groups in total. The van der Waals surface area contributed by atoms with Gasteiger partial charge in [-0.3, -0.25) is 4.90 Å². The molecule has 1 atom stereocenters. The maximum Gasteiger partial charge on any atom is 0.0807 e. The summed E-state index contributed by atoms with van der Waals surface area (Å²) in [5, 5.41) is 9.99. The van der Waals surface area contributed by atoms with Crippen LogP contribution in [0.25, 0.3) is 0 Å². The van der Waals surface area contributed by atoms with Crippen LogP contribution in [0.2, 0.25) is 0 Å². The molecule has 0 bridgehead atoms. The topological polar surface area (TPSA) is 31.6 Å². The Balaban J connectivity index is 1.56. The summed E-state index contributed by atoms with van der Waals surface area (Å²) < 4.78 is 2.28. The molecule has 3 rings (SSSR count). The highest BCUT2D eigenvalue weighted by Crippen LogP contribution is 2.30. The Morgan fingerprint density at radius 2 is 1.95 bits per heavy atom. The average molecular weight is 263 g/mol. The number of hydrogen-bond acceptors (Lipinski definition) is 3. The van der Waals surface area contributed by atoms with Gasteiger partial charge in [-0.1, -0.05) is 0 Å². The standard InChI is InChI=1S/C15H25N3O/c1-16-5-7-17(8-6-16)9-10-18-11-13-3-2-4-15(19)14(13)12-18/h11-12,15,19H,2-10H2,1H3. The second-order valence-corrected chi connectivity index (χ2v) is 6.03. The fraction of sp³-hybridized carbons (Fsp3) is 0.733. The lowest BCUT2D eigenvalue weighted by molar-refractivity contribution is 0.149. The van der Waals surface area contributed by atoms with Crippen molar-refractivity contribution in [1.29, 1.82) is 0 Å². The second kappa shape index (κ2) is 5.65. The van der Waals surface area contributed by atoms with Crippen LogP contribution in [0.5, 0.6) is 0 Å². The fourth-order valence-electron chi connectivity index (χ4n) is 3.18. The van der Waals surface area contributed by atoms with Crippen molar-refractivity contribution in [3.63, 3.8) is 0 Å². The molecule has 106 valence electrons. The summed E-state index contributed by atoms with van der Waals surface area (Å²) >= 11 is 0. The number of rotatable bonds is 3. The van der Waals surface area contributed by atoms with Gasteiger partial charge in [-0.2, -0.15) is 0 Å². The number of aliphatic hydroxyl groups excluding tert-OH is 1. The minimum atomic E-state index is -0.228. The molecule has 0 aromatic carbocycles. The van der Waals surface area contributed by atoms with E-state index in [1.807, 2.05) is 0 Å². The lowest BCUT2D eigenvalue weighted by atomic mass is 9.93. The molecular formula is C15H25N3O. The van der Waals surface area contributed by atoms with Crippen LogP contribution < -0.4 is 0 Å². The maximum atomic E-state index is 9.99. The van der Waals surface area contributed by atoms with Crippen molar-refractivity contribution >= 4 is 0 Å². The first-order valence-electron chi connectivity index (χ1n) is 7.50. The first kappa shape index (κ1) is 13.2. The van der Waals surface area contributed by atoms with Crippen molar-refractivity contribution in [2.75, 3.05) is 39.8 Å². The van der Waals surface area contributed by atoms with E-state index in [0.29, 0.717) is 0 Å². The summed E-state index contributed by atoms with van der Waals surface area (Å²) in [6.45, 7) is 6.89. The van der Waals surface area contributed by atoms with E-state index in [1.165, 1.54) is 37.3 Å². The first-order chi connectivity index (χ1) is 9.22. The smallest absolute Gasteiger partial charge is 0.0807 e. The zero-order valence-electron chi connectivity index (χ0n) is 11.9. The van der Waals surface area contributed by atoms with Crippen LogP contribution in [-0.2, 0) is 13.0 Å². The lowest BCUT2D eigenvalue weighted by Crippen LogP contribution is -2.45. The second-order valence-electron chi connectivity index (χ2n) is 6.03. The third kappa shape index (κ3) is 3.02. The van der Waals surface area contributed by atoms with Crippen LogP contribution >= 0.6 is 0 Å². The number of piperazine rings is 1. The molecule has 1 saturated heterocycles. The summed E-state index contributed by atoms with van der Waals surface area (Å²) in [7, 11) is 2.19. The molecule has 2 aliphatic rings. The normalized spacial score (nSPS) is 25.5. The number of likely N-dealkylation sites (N-methyl/N-ethyl adjacent to an activating group) is 1. The Kier molecular flexibility index (Phi) is 3.91. The maximum absolute atomic E-state index is 9.99. The first-order valence-corrected chi connectivity index (χ1v) is 7.50. The van der Waals surface area contributed by atoms with Crippen molar-refractivity contribution in [1.82, 2.24) is 14.4 Å². The van der Waals surface area contributed by atoms with Crippen LogP contribution in [0.3, 0.4) is 0 Å². The van der Waals surface area contributed by atoms with E-state index in [4.69, 9.17) is 0 Å². The summed E-state index contributed by atoms with van der Waals surface area (Å²) in [6.07, 6.45) is 7.36. The van der Waals surface area contributed by atoms with Gasteiger partial charge in [0.05, 0.1) is 6.10 Å². The van der Waals surface area contributed by atoms with Gasteiger partial charge in [0.25, 0.3) is 0 Å². The molecule has 4 heteroatoms. The zero-order chi connectivity index (χ0) is 13.2. The van der Waals surface area contributed by atoms with Crippen LogP contribution in [0, 0.1) is 0 Å². The molecule has 4 nitrogen and oxygen atoms in total. The van der Waals surface area contributed by atoms with Gasteiger partial charge in [0.1, 0.15) is 0 Å². The van der Waals surface area contributed by atoms with Crippen LogP contribution in [0.4, 0.5) is 0 Å². The van der Waals surface area contributed by atoms with E-state index in [0.717, 1.165) is 32.4 Å². The molecule has 1 fully saturated rings. The molecule has 0 radical (unpaired) electrons. The van der Waals surface area contributed by atoms with Crippen LogP contribution in [-0.4, -0.2) is 59.2 Å². The molecule has 0 spiro atoms. The lowest BCUT2D eigenvalue weighted by Gasteiger charge is -2.32. The Bertz CT molecular complexity index is 421. The quantitative estimate of drug-likeness (QED) is 0.886. The van der Waals surface area contributed by atoms with Gasteiger partial charge in [-0.05, 0) is 31.9 Å². The van der Waals surface area contributed by atoms with Gasteiger partial charge in [0.2, 0.25) is 0 Å². The minimum Gasteiger partial charge on any atom is -0.388 e. The average Bonchev–Trinajstić information content (AvgIpc) is 2.83. The molecule has 2 heterocycles.